The molecule has 1 amide bonds. The van der Waals surface area contributed by atoms with Gasteiger partial charge >= 0.3 is 5.97 Å². The van der Waals surface area contributed by atoms with Crippen molar-refractivity contribution in [2.24, 2.45) is 0 Å². The highest BCUT2D eigenvalue weighted by molar-refractivity contribution is 7.91. The van der Waals surface area contributed by atoms with Crippen LogP contribution in [0.2, 0.25) is 0 Å². The molecule has 0 spiro atoms. The van der Waals surface area contributed by atoms with Crippen LogP contribution in [0.3, 0.4) is 0 Å². The first-order valence-electron chi connectivity index (χ1n) is 7.04. The summed E-state index contributed by atoms with van der Waals surface area (Å²) in [5, 5.41) is 10.2. The maximum atomic E-state index is 12.5. The van der Waals surface area contributed by atoms with Crippen molar-refractivity contribution in [1.29, 1.82) is 0 Å². The maximum absolute atomic E-state index is 12.5. The third kappa shape index (κ3) is 3.07. The van der Waals surface area contributed by atoms with Gasteiger partial charge < -0.3 is 14.4 Å². The van der Waals surface area contributed by atoms with Gasteiger partial charge in [-0.25, -0.2) is 13.2 Å². The molecule has 1 saturated heterocycles. The molecular formula is C14H14N2O6S2. The van der Waals surface area contributed by atoms with E-state index >= 15 is 0 Å². The van der Waals surface area contributed by atoms with E-state index in [4.69, 9.17) is 9.52 Å². The number of carbonyl (C=O) groups excluding carboxylic acids is 1. The zero-order valence-corrected chi connectivity index (χ0v) is 14.0. The Morgan fingerprint density at radius 2 is 1.92 bits per heavy atom. The van der Waals surface area contributed by atoms with E-state index in [0.717, 1.165) is 17.4 Å². The summed E-state index contributed by atoms with van der Waals surface area (Å²) in [5.41, 5.74) is -0.0507. The fourth-order valence-electron chi connectivity index (χ4n) is 2.38. The van der Waals surface area contributed by atoms with Gasteiger partial charge in [0.15, 0.2) is 5.76 Å². The number of hydrogen-bond donors (Lipinski definition) is 1. The normalized spacial score (nSPS) is 16.2. The summed E-state index contributed by atoms with van der Waals surface area (Å²) in [6, 6.07) is 4.33. The molecule has 0 aromatic carbocycles. The number of rotatable bonds is 4. The molecule has 10 heteroatoms. The fraction of sp³-hybridized carbons (Fsp3) is 0.286. The first kappa shape index (κ1) is 16.7. The summed E-state index contributed by atoms with van der Waals surface area (Å²) in [7, 11) is -3.75. The van der Waals surface area contributed by atoms with Crippen molar-refractivity contribution in [2.75, 3.05) is 26.2 Å². The molecular weight excluding hydrogens is 356 g/mol. The van der Waals surface area contributed by atoms with E-state index in [9.17, 15) is 18.0 Å². The van der Waals surface area contributed by atoms with Gasteiger partial charge in [-0.2, -0.15) is 4.31 Å². The lowest BCUT2D eigenvalue weighted by Crippen LogP contribution is -2.50. The van der Waals surface area contributed by atoms with Crippen molar-refractivity contribution in [1.82, 2.24) is 9.21 Å². The number of carboxylic acid groups (broad SMARTS) is 1. The zero-order chi connectivity index (χ0) is 17.3. The summed E-state index contributed by atoms with van der Waals surface area (Å²) in [6.45, 7) is 0.788. The number of carboxylic acids is 1. The number of hydrogen-bond acceptors (Lipinski definition) is 6. The minimum atomic E-state index is -3.75. The van der Waals surface area contributed by atoms with Gasteiger partial charge in [-0.05, 0) is 18.2 Å². The Morgan fingerprint density at radius 1 is 1.21 bits per heavy atom. The quantitative estimate of drug-likeness (QED) is 0.866. The predicted molar refractivity (Wildman–Crippen MR) is 84.6 cm³/mol. The molecule has 0 unspecified atom stereocenters. The van der Waals surface area contributed by atoms with E-state index in [1.165, 1.54) is 20.8 Å². The molecule has 0 saturated carbocycles. The van der Waals surface area contributed by atoms with Crippen molar-refractivity contribution >= 4 is 33.2 Å². The summed E-state index contributed by atoms with van der Waals surface area (Å²) < 4.78 is 31.4. The zero-order valence-electron chi connectivity index (χ0n) is 12.4. The molecule has 24 heavy (non-hydrogen) atoms. The maximum Gasteiger partial charge on any atom is 0.336 e. The number of nitrogens with zero attached hydrogens (tertiary/aromatic N) is 2. The summed E-state index contributed by atoms with van der Waals surface area (Å²) in [6.07, 6.45) is 1.41. The summed E-state index contributed by atoms with van der Waals surface area (Å²) in [5.74, 6) is -1.22. The van der Waals surface area contributed by atoms with Gasteiger partial charge in [-0.3, -0.25) is 4.79 Å². The Morgan fingerprint density at radius 3 is 2.46 bits per heavy atom. The molecule has 1 fully saturated rings. The van der Waals surface area contributed by atoms with Crippen LogP contribution in [0.15, 0.2) is 38.5 Å². The van der Waals surface area contributed by atoms with E-state index in [2.05, 4.69) is 0 Å². The van der Waals surface area contributed by atoms with Crippen LogP contribution in [0.25, 0.3) is 0 Å². The lowest BCUT2D eigenvalue weighted by molar-refractivity contribution is 0.0664. The topological polar surface area (TPSA) is 108 Å². The third-order valence-electron chi connectivity index (χ3n) is 3.67. The molecule has 0 radical (unpaired) electrons. The van der Waals surface area contributed by atoms with Crippen LogP contribution < -0.4 is 0 Å². The molecule has 8 nitrogen and oxygen atoms in total. The van der Waals surface area contributed by atoms with Crippen LogP contribution >= 0.6 is 11.3 Å². The van der Waals surface area contributed by atoms with Crippen molar-refractivity contribution in [3.63, 3.8) is 0 Å². The van der Waals surface area contributed by atoms with Crippen molar-refractivity contribution in [3.05, 3.63) is 41.2 Å². The average Bonchev–Trinajstić information content (AvgIpc) is 3.26. The number of amides is 1. The van der Waals surface area contributed by atoms with Gasteiger partial charge in [-0.15, -0.1) is 11.3 Å². The van der Waals surface area contributed by atoms with Crippen LogP contribution in [0.5, 0.6) is 0 Å². The van der Waals surface area contributed by atoms with Crippen molar-refractivity contribution in [2.45, 2.75) is 4.21 Å². The standard InChI is InChI=1S/C14H14N2O6S2/c17-13(11-2-1-7-22-11)15-3-5-16(6-4-15)24(20,21)12-8-10(9-23-12)14(18)19/h1-2,7-9H,3-6H2,(H,18,19). The number of furan rings is 1. The molecule has 0 bridgehead atoms. The summed E-state index contributed by atoms with van der Waals surface area (Å²) in [4.78, 5) is 24.6. The van der Waals surface area contributed by atoms with Gasteiger partial charge in [0.05, 0.1) is 11.8 Å². The number of carbonyl (C=O) groups is 2. The van der Waals surface area contributed by atoms with Crippen LogP contribution in [0.1, 0.15) is 20.9 Å². The SMILES string of the molecule is O=C(O)c1csc(S(=O)(=O)N2CCN(C(=O)c3ccco3)CC2)c1. The van der Waals surface area contributed by atoms with Gasteiger partial charge in [-0.1, -0.05) is 0 Å². The van der Waals surface area contributed by atoms with Crippen LogP contribution in [-0.4, -0.2) is 60.8 Å². The second kappa shape index (κ2) is 6.38. The van der Waals surface area contributed by atoms with E-state index < -0.39 is 16.0 Å². The second-order valence-corrected chi connectivity index (χ2v) is 8.21. The Balaban J connectivity index is 1.69. The predicted octanol–water partition coefficient (Wildman–Crippen LogP) is 1.19. The Hall–Kier alpha value is -2.17. The Labute approximate surface area is 142 Å². The van der Waals surface area contributed by atoms with Crippen LogP contribution in [-0.2, 0) is 10.0 Å². The molecule has 3 heterocycles. The van der Waals surface area contributed by atoms with Crippen LogP contribution in [0.4, 0.5) is 0 Å². The second-order valence-electron chi connectivity index (χ2n) is 5.13. The van der Waals surface area contributed by atoms with Gasteiger partial charge in [0.25, 0.3) is 15.9 Å². The Bertz CT molecular complexity index is 848. The highest BCUT2D eigenvalue weighted by atomic mass is 32.2. The minimum absolute atomic E-state index is 0.00860. The average molecular weight is 370 g/mol. The van der Waals surface area contributed by atoms with Crippen molar-refractivity contribution < 1.29 is 27.5 Å². The number of sulfonamides is 1. The largest absolute Gasteiger partial charge is 0.478 e. The number of aromatic carboxylic acids is 1. The molecule has 0 aliphatic carbocycles. The monoisotopic (exact) mass is 370 g/mol. The lowest BCUT2D eigenvalue weighted by atomic mass is 10.3. The van der Waals surface area contributed by atoms with Gasteiger partial charge in [0.2, 0.25) is 0 Å². The lowest BCUT2D eigenvalue weighted by Gasteiger charge is -2.33. The molecule has 2 aromatic heterocycles. The highest BCUT2D eigenvalue weighted by Crippen LogP contribution is 2.25. The highest BCUT2D eigenvalue weighted by Gasteiger charge is 2.32. The third-order valence-corrected chi connectivity index (χ3v) is 6.99. The van der Waals surface area contributed by atoms with E-state index in [0.29, 0.717) is 0 Å². The number of thiophene rings is 1. The molecule has 2 aromatic rings. The smallest absolute Gasteiger partial charge is 0.336 e. The summed E-state index contributed by atoms with van der Waals surface area (Å²) >= 11 is 0.878. The van der Waals surface area contributed by atoms with E-state index in [1.54, 1.807) is 12.1 Å². The van der Waals surface area contributed by atoms with E-state index in [-0.39, 0.29) is 47.6 Å². The molecule has 1 N–H and O–H groups in total. The fourth-order valence-corrected chi connectivity index (χ4v) is 5.11. The molecule has 128 valence electrons. The van der Waals surface area contributed by atoms with Gasteiger partial charge in [0, 0.05) is 31.6 Å². The molecule has 1 aliphatic rings. The first-order chi connectivity index (χ1) is 11.4. The van der Waals surface area contributed by atoms with Gasteiger partial charge in [0.1, 0.15) is 4.21 Å². The number of piperazine rings is 1. The first-order valence-corrected chi connectivity index (χ1v) is 9.36. The molecule has 1 aliphatic heterocycles. The van der Waals surface area contributed by atoms with Crippen molar-refractivity contribution in [3.8, 4) is 0 Å². The minimum Gasteiger partial charge on any atom is -0.478 e. The molecule has 3 rings (SSSR count). The molecule has 0 atom stereocenters. The van der Waals surface area contributed by atoms with E-state index in [1.807, 2.05) is 0 Å². The Kier molecular flexibility index (Phi) is 4.43. The van der Waals surface area contributed by atoms with Crippen LogP contribution in [0, 0.1) is 0 Å².